The van der Waals surface area contributed by atoms with Crippen molar-refractivity contribution in [2.75, 3.05) is 20.4 Å². The van der Waals surface area contributed by atoms with Crippen LogP contribution in [-0.4, -0.2) is 28.5 Å². The van der Waals surface area contributed by atoms with Crippen LogP contribution in [0.2, 0.25) is 19.6 Å². The van der Waals surface area contributed by atoms with Gasteiger partial charge in [0.05, 0.1) is 6.16 Å². The quantitative estimate of drug-likeness (QED) is 0.434. The Morgan fingerprint density at radius 2 is 1.80 bits per heavy atom. The monoisotopic (exact) mass is 246 g/mol. The second kappa shape index (κ2) is 6.29. The maximum Gasteiger partial charge on any atom is 0.333 e. The van der Waals surface area contributed by atoms with Crippen LogP contribution >= 0.6 is 7.60 Å². The lowest BCUT2D eigenvalue weighted by Crippen LogP contribution is -2.16. The third-order valence-electron chi connectivity index (χ3n) is 1.53. The van der Waals surface area contributed by atoms with Crippen LogP contribution < -0.4 is 0 Å². The first-order valence-corrected chi connectivity index (χ1v) is 9.94. The minimum Gasteiger partial charge on any atom is -0.312 e. The summed E-state index contributed by atoms with van der Waals surface area (Å²) in [6, 6.07) is 0. The molecule has 0 saturated heterocycles. The van der Waals surface area contributed by atoms with Crippen molar-refractivity contribution in [3.63, 3.8) is 0 Å². The normalized spacial score (nSPS) is 12.6. The minimum atomic E-state index is -2.91. The molecule has 0 bridgehead atoms. The first kappa shape index (κ1) is 14.7. The molecular weight excluding hydrogens is 227 g/mol. The molecule has 0 heterocycles. The molecule has 0 aromatic carbocycles. The highest BCUT2D eigenvalue weighted by Gasteiger charge is 2.17. The molecule has 0 spiro atoms. The Bertz CT molecular complexity index is 312. The molecule has 0 unspecified atom stereocenters. The molecular formula is C10H19O3PSi. The summed E-state index contributed by atoms with van der Waals surface area (Å²) in [6.45, 7) is 6.51. The molecule has 0 fully saturated rings. The van der Waals surface area contributed by atoms with E-state index in [2.05, 4.69) is 31.1 Å². The molecule has 0 aromatic rings. The van der Waals surface area contributed by atoms with Crippen LogP contribution in [0.4, 0.5) is 0 Å². The molecule has 0 amide bonds. The zero-order valence-electron chi connectivity index (χ0n) is 10.0. The van der Waals surface area contributed by atoms with Gasteiger partial charge in [0.2, 0.25) is 0 Å². The lowest BCUT2D eigenvalue weighted by molar-refractivity contribution is 0.279. The van der Waals surface area contributed by atoms with E-state index < -0.39 is 15.7 Å². The Morgan fingerprint density at radius 1 is 1.27 bits per heavy atom. The fourth-order valence-corrected chi connectivity index (χ4v) is 2.05. The summed E-state index contributed by atoms with van der Waals surface area (Å²) < 4.78 is 21.1. The molecule has 0 N–H and O–H groups in total. The van der Waals surface area contributed by atoms with E-state index in [1.807, 2.05) is 0 Å². The second-order valence-corrected chi connectivity index (χ2v) is 11.1. The van der Waals surface area contributed by atoms with Gasteiger partial charge in [0.15, 0.2) is 0 Å². The van der Waals surface area contributed by atoms with E-state index >= 15 is 0 Å². The molecule has 0 atom stereocenters. The summed E-state index contributed by atoms with van der Waals surface area (Å²) >= 11 is 0. The average molecular weight is 246 g/mol. The Labute approximate surface area is 93.4 Å². The predicted octanol–water partition coefficient (Wildman–Crippen LogP) is 2.91. The van der Waals surface area contributed by atoms with E-state index in [-0.39, 0.29) is 6.16 Å². The number of hydrogen-bond acceptors (Lipinski definition) is 3. The van der Waals surface area contributed by atoms with Crippen LogP contribution in [0.5, 0.6) is 0 Å². The minimum absolute atomic E-state index is 0.264. The molecule has 15 heavy (non-hydrogen) atoms. The highest BCUT2D eigenvalue weighted by atomic mass is 31.2. The third kappa shape index (κ3) is 7.58. The first-order valence-electron chi connectivity index (χ1n) is 4.71. The summed E-state index contributed by atoms with van der Waals surface area (Å²) in [6.07, 6.45) is 3.70. The standard InChI is InChI=1S/C10H19O3PSi/c1-12-14(11,13-2)9-7-6-8-10-15(3,4)5/h6-7H,9H2,1-5H3/b7-6+. The van der Waals surface area contributed by atoms with Gasteiger partial charge in [0.1, 0.15) is 8.07 Å². The Morgan fingerprint density at radius 3 is 2.20 bits per heavy atom. The van der Waals surface area contributed by atoms with Gasteiger partial charge >= 0.3 is 7.60 Å². The molecule has 5 heteroatoms. The van der Waals surface area contributed by atoms with E-state index in [4.69, 9.17) is 9.05 Å². The van der Waals surface area contributed by atoms with E-state index in [0.29, 0.717) is 0 Å². The highest BCUT2D eigenvalue weighted by Crippen LogP contribution is 2.45. The van der Waals surface area contributed by atoms with Crippen molar-refractivity contribution >= 4 is 15.7 Å². The van der Waals surface area contributed by atoms with Crippen LogP contribution in [-0.2, 0) is 13.6 Å². The van der Waals surface area contributed by atoms with Gasteiger partial charge in [-0.05, 0) is 6.08 Å². The predicted molar refractivity (Wildman–Crippen MR) is 66.8 cm³/mol. The second-order valence-electron chi connectivity index (χ2n) is 4.08. The summed E-state index contributed by atoms with van der Waals surface area (Å²) in [5.41, 5.74) is 3.17. The van der Waals surface area contributed by atoms with Crippen molar-refractivity contribution in [2.24, 2.45) is 0 Å². The van der Waals surface area contributed by atoms with Gasteiger partial charge in [0.25, 0.3) is 0 Å². The molecule has 3 nitrogen and oxygen atoms in total. The molecule has 86 valence electrons. The summed E-state index contributed by atoms with van der Waals surface area (Å²) in [4.78, 5) is 0. The molecule has 0 aliphatic rings. The summed E-state index contributed by atoms with van der Waals surface area (Å²) in [5.74, 6) is 2.95. The van der Waals surface area contributed by atoms with Gasteiger partial charge in [-0.3, -0.25) is 4.57 Å². The van der Waals surface area contributed by atoms with Crippen molar-refractivity contribution in [3.05, 3.63) is 12.2 Å². The van der Waals surface area contributed by atoms with E-state index in [1.54, 1.807) is 12.2 Å². The van der Waals surface area contributed by atoms with Crippen molar-refractivity contribution in [1.82, 2.24) is 0 Å². The van der Waals surface area contributed by atoms with Gasteiger partial charge in [-0.2, -0.15) is 0 Å². The summed E-state index contributed by atoms with van der Waals surface area (Å²) in [7, 11) is -1.46. The Hall–Kier alpha value is -0.333. The molecule has 0 rings (SSSR count). The van der Waals surface area contributed by atoms with Crippen molar-refractivity contribution in [2.45, 2.75) is 19.6 Å². The zero-order valence-corrected chi connectivity index (χ0v) is 11.9. The fourth-order valence-electron chi connectivity index (χ4n) is 0.723. The molecule has 0 aliphatic heterocycles. The average Bonchev–Trinajstić information content (AvgIpc) is 2.15. The highest BCUT2D eigenvalue weighted by molar-refractivity contribution is 7.54. The maximum absolute atomic E-state index is 11.6. The zero-order chi connectivity index (χ0) is 11.9. The first-order chi connectivity index (χ1) is 6.83. The van der Waals surface area contributed by atoms with E-state index in [1.165, 1.54) is 14.2 Å². The van der Waals surface area contributed by atoms with Crippen LogP contribution in [0.25, 0.3) is 0 Å². The molecule has 0 radical (unpaired) electrons. The van der Waals surface area contributed by atoms with Gasteiger partial charge in [-0.1, -0.05) is 31.6 Å². The Balaban J connectivity index is 4.21. The van der Waals surface area contributed by atoms with Crippen LogP contribution in [0, 0.1) is 11.5 Å². The van der Waals surface area contributed by atoms with Gasteiger partial charge in [0, 0.05) is 14.2 Å². The van der Waals surface area contributed by atoms with Gasteiger partial charge < -0.3 is 9.05 Å². The van der Waals surface area contributed by atoms with Crippen molar-refractivity contribution in [3.8, 4) is 11.5 Å². The third-order valence-corrected chi connectivity index (χ3v) is 4.20. The number of rotatable bonds is 4. The molecule has 0 saturated carbocycles. The summed E-state index contributed by atoms with van der Waals surface area (Å²) in [5, 5.41) is 0. The van der Waals surface area contributed by atoms with Crippen LogP contribution in [0.1, 0.15) is 0 Å². The van der Waals surface area contributed by atoms with E-state index in [0.717, 1.165) is 0 Å². The SMILES string of the molecule is COP(=O)(C/C=C/C#C[Si](C)(C)C)OC. The number of allylic oxidation sites excluding steroid dienone is 2. The smallest absolute Gasteiger partial charge is 0.312 e. The van der Waals surface area contributed by atoms with Crippen LogP contribution in [0.3, 0.4) is 0 Å². The lowest BCUT2D eigenvalue weighted by atomic mass is 10.5. The molecule has 0 aromatic heterocycles. The maximum atomic E-state index is 11.6. The largest absolute Gasteiger partial charge is 0.333 e. The number of hydrogen-bond donors (Lipinski definition) is 0. The Kier molecular flexibility index (Phi) is 6.15. The van der Waals surface area contributed by atoms with Crippen molar-refractivity contribution in [1.29, 1.82) is 0 Å². The fraction of sp³-hybridized carbons (Fsp3) is 0.600. The topological polar surface area (TPSA) is 35.5 Å². The van der Waals surface area contributed by atoms with Gasteiger partial charge in [-0.25, -0.2) is 0 Å². The molecule has 0 aliphatic carbocycles. The van der Waals surface area contributed by atoms with E-state index in [9.17, 15) is 4.57 Å². The van der Waals surface area contributed by atoms with Crippen molar-refractivity contribution < 1.29 is 13.6 Å². The van der Waals surface area contributed by atoms with Crippen LogP contribution in [0.15, 0.2) is 12.2 Å². The van der Waals surface area contributed by atoms with Gasteiger partial charge in [-0.15, -0.1) is 5.54 Å². The lowest BCUT2D eigenvalue weighted by Gasteiger charge is -2.09.